The standard InChI is InChI=1S/C14H9ClN4O2/c15-12-3-2-11(19(20)21)6-10(12)8-18-14-5-9(7-16)1-4-13(14)17/h1-6,8H,17H2. The van der Waals surface area contributed by atoms with Gasteiger partial charge in [-0.05, 0) is 24.3 Å². The number of non-ortho nitro benzene ring substituents is 1. The van der Waals surface area contributed by atoms with Crippen LogP contribution in [0, 0.1) is 21.4 Å². The van der Waals surface area contributed by atoms with Crippen LogP contribution in [0.3, 0.4) is 0 Å². The van der Waals surface area contributed by atoms with Crippen molar-refractivity contribution in [1.29, 1.82) is 5.26 Å². The fourth-order valence-corrected chi connectivity index (χ4v) is 1.77. The maximum Gasteiger partial charge on any atom is 0.270 e. The number of nitro benzene ring substituents is 1. The van der Waals surface area contributed by atoms with Crippen molar-refractivity contribution in [2.75, 3.05) is 5.73 Å². The average molecular weight is 301 g/mol. The Kier molecular flexibility index (Phi) is 4.16. The van der Waals surface area contributed by atoms with Gasteiger partial charge >= 0.3 is 0 Å². The van der Waals surface area contributed by atoms with Gasteiger partial charge in [-0.3, -0.25) is 15.1 Å². The van der Waals surface area contributed by atoms with Crippen molar-refractivity contribution in [2.24, 2.45) is 4.99 Å². The van der Waals surface area contributed by atoms with Crippen molar-refractivity contribution in [3.8, 4) is 6.07 Å². The van der Waals surface area contributed by atoms with Crippen LogP contribution in [0.15, 0.2) is 41.4 Å². The Bertz CT molecular complexity index is 781. The van der Waals surface area contributed by atoms with E-state index in [1.54, 1.807) is 12.1 Å². The number of nitrogen functional groups attached to an aromatic ring is 1. The third-order valence-corrected chi connectivity index (χ3v) is 3.04. The van der Waals surface area contributed by atoms with Crippen LogP contribution < -0.4 is 5.73 Å². The van der Waals surface area contributed by atoms with Gasteiger partial charge in [0.15, 0.2) is 0 Å². The predicted octanol–water partition coefficient (Wildman–Crippen LogP) is 3.45. The lowest BCUT2D eigenvalue weighted by molar-refractivity contribution is -0.384. The smallest absolute Gasteiger partial charge is 0.270 e. The second kappa shape index (κ2) is 6.03. The minimum atomic E-state index is -0.516. The number of benzene rings is 2. The molecule has 0 fully saturated rings. The number of nitro groups is 1. The molecule has 7 heteroatoms. The van der Waals surface area contributed by atoms with Crippen LogP contribution in [0.4, 0.5) is 17.1 Å². The van der Waals surface area contributed by atoms with Gasteiger partial charge < -0.3 is 5.73 Å². The minimum Gasteiger partial charge on any atom is -0.397 e. The Balaban J connectivity index is 2.40. The molecule has 0 unspecified atom stereocenters. The molecule has 0 aliphatic rings. The summed E-state index contributed by atoms with van der Waals surface area (Å²) in [6, 6.07) is 10.7. The molecule has 104 valence electrons. The van der Waals surface area contributed by atoms with Gasteiger partial charge in [0.1, 0.15) is 0 Å². The van der Waals surface area contributed by atoms with Gasteiger partial charge in [0, 0.05) is 28.9 Å². The highest BCUT2D eigenvalue weighted by molar-refractivity contribution is 6.33. The molecule has 0 aliphatic heterocycles. The van der Waals surface area contributed by atoms with Crippen molar-refractivity contribution in [1.82, 2.24) is 0 Å². The van der Waals surface area contributed by atoms with E-state index in [9.17, 15) is 10.1 Å². The minimum absolute atomic E-state index is 0.0837. The van der Waals surface area contributed by atoms with E-state index in [1.165, 1.54) is 30.5 Å². The normalized spacial score (nSPS) is 10.5. The molecule has 21 heavy (non-hydrogen) atoms. The molecule has 0 heterocycles. The van der Waals surface area contributed by atoms with Crippen molar-refractivity contribution < 1.29 is 4.92 Å². The van der Waals surface area contributed by atoms with Crippen molar-refractivity contribution >= 4 is 34.9 Å². The zero-order valence-corrected chi connectivity index (χ0v) is 11.4. The van der Waals surface area contributed by atoms with Crippen LogP contribution in [-0.2, 0) is 0 Å². The number of rotatable bonds is 3. The van der Waals surface area contributed by atoms with Crippen molar-refractivity contribution in [2.45, 2.75) is 0 Å². The summed E-state index contributed by atoms with van der Waals surface area (Å²) < 4.78 is 0. The highest BCUT2D eigenvalue weighted by atomic mass is 35.5. The Morgan fingerprint density at radius 3 is 2.76 bits per heavy atom. The number of nitrogens with zero attached hydrogens (tertiary/aromatic N) is 3. The number of halogens is 1. The molecule has 2 rings (SSSR count). The van der Waals surface area contributed by atoms with Gasteiger partial charge in [0.2, 0.25) is 0 Å². The van der Waals surface area contributed by atoms with Crippen LogP contribution in [0.2, 0.25) is 5.02 Å². The third-order valence-electron chi connectivity index (χ3n) is 2.69. The van der Waals surface area contributed by atoms with Crippen molar-refractivity contribution in [3.63, 3.8) is 0 Å². The number of nitriles is 1. The molecule has 2 N–H and O–H groups in total. The Labute approximate surface area is 125 Å². The van der Waals surface area contributed by atoms with E-state index in [1.807, 2.05) is 6.07 Å². The lowest BCUT2D eigenvalue weighted by Gasteiger charge is -2.01. The van der Waals surface area contributed by atoms with E-state index in [0.29, 0.717) is 27.5 Å². The van der Waals surface area contributed by atoms with E-state index in [-0.39, 0.29) is 5.69 Å². The lowest BCUT2D eigenvalue weighted by atomic mass is 10.2. The van der Waals surface area contributed by atoms with Gasteiger partial charge in [0.05, 0.1) is 27.9 Å². The van der Waals surface area contributed by atoms with E-state index < -0.39 is 4.92 Å². The number of nitrogens with two attached hydrogens (primary N) is 1. The predicted molar refractivity (Wildman–Crippen MR) is 80.9 cm³/mol. The molecule has 6 nitrogen and oxygen atoms in total. The topological polar surface area (TPSA) is 105 Å². The molecule has 0 aliphatic carbocycles. The summed E-state index contributed by atoms with van der Waals surface area (Å²) in [6.07, 6.45) is 1.38. The lowest BCUT2D eigenvalue weighted by Crippen LogP contribution is -1.91. The van der Waals surface area contributed by atoms with Crippen LogP contribution >= 0.6 is 11.6 Å². The largest absolute Gasteiger partial charge is 0.397 e. The van der Waals surface area contributed by atoms with E-state index >= 15 is 0 Å². The summed E-state index contributed by atoms with van der Waals surface area (Å²) in [6.45, 7) is 0. The first kappa shape index (κ1) is 14.5. The first-order valence-electron chi connectivity index (χ1n) is 5.79. The molecule has 0 bridgehead atoms. The number of aliphatic imine (C=N–C) groups is 1. The van der Waals surface area contributed by atoms with Gasteiger partial charge in [-0.1, -0.05) is 11.6 Å². The molecule has 0 aromatic heterocycles. The zero-order valence-electron chi connectivity index (χ0n) is 10.7. The van der Waals surface area contributed by atoms with Crippen LogP contribution in [-0.4, -0.2) is 11.1 Å². The van der Waals surface area contributed by atoms with E-state index in [2.05, 4.69) is 4.99 Å². The summed E-state index contributed by atoms with van der Waals surface area (Å²) in [4.78, 5) is 14.4. The highest BCUT2D eigenvalue weighted by Gasteiger charge is 2.08. The molecule has 2 aromatic carbocycles. The SMILES string of the molecule is N#Cc1ccc(N)c(N=Cc2cc([N+](=O)[O-])ccc2Cl)c1. The summed E-state index contributed by atoms with van der Waals surface area (Å²) in [7, 11) is 0. The fourth-order valence-electron chi connectivity index (χ4n) is 1.61. The van der Waals surface area contributed by atoms with Gasteiger partial charge in [-0.15, -0.1) is 0 Å². The monoisotopic (exact) mass is 300 g/mol. The van der Waals surface area contributed by atoms with Gasteiger partial charge in [-0.25, -0.2) is 0 Å². The highest BCUT2D eigenvalue weighted by Crippen LogP contribution is 2.25. The molecule has 0 atom stereocenters. The summed E-state index contributed by atoms with van der Waals surface area (Å²) >= 11 is 5.97. The molecule has 0 saturated heterocycles. The maximum atomic E-state index is 10.7. The maximum absolute atomic E-state index is 10.7. The number of anilines is 1. The fraction of sp³-hybridized carbons (Fsp3) is 0. The van der Waals surface area contributed by atoms with Crippen LogP contribution in [0.1, 0.15) is 11.1 Å². The molecule has 0 radical (unpaired) electrons. The number of hydrogen-bond donors (Lipinski definition) is 1. The number of hydrogen-bond acceptors (Lipinski definition) is 5. The first-order chi connectivity index (χ1) is 10.0. The van der Waals surface area contributed by atoms with Crippen LogP contribution in [0.25, 0.3) is 0 Å². The summed E-state index contributed by atoms with van der Waals surface area (Å²) in [5.41, 5.74) is 7.29. The molecular weight excluding hydrogens is 292 g/mol. The van der Waals surface area contributed by atoms with Gasteiger partial charge in [-0.2, -0.15) is 5.26 Å². The average Bonchev–Trinajstić information content (AvgIpc) is 2.47. The second-order valence-corrected chi connectivity index (χ2v) is 4.51. The first-order valence-corrected chi connectivity index (χ1v) is 6.16. The van der Waals surface area contributed by atoms with Crippen molar-refractivity contribution in [3.05, 3.63) is 62.7 Å². The summed E-state index contributed by atoms with van der Waals surface area (Å²) in [5.74, 6) is 0. The molecule has 0 saturated carbocycles. The molecule has 0 spiro atoms. The van der Waals surface area contributed by atoms with Gasteiger partial charge in [0.25, 0.3) is 5.69 Å². The Morgan fingerprint density at radius 1 is 1.33 bits per heavy atom. The molecule has 0 amide bonds. The Morgan fingerprint density at radius 2 is 2.10 bits per heavy atom. The van der Waals surface area contributed by atoms with E-state index in [0.717, 1.165) is 0 Å². The summed E-state index contributed by atoms with van der Waals surface area (Å²) in [5, 5.41) is 19.9. The second-order valence-electron chi connectivity index (χ2n) is 4.11. The third kappa shape index (κ3) is 3.35. The van der Waals surface area contributed by atoms with E-state index in [4.69, 9.17) is 22.6 Å². The zero-order chi connectivity index (χ0) is 15.4. The van der Waals surface area contributed by atoms with Crippen LogP contribution in [0.5, 0.6) is 0 Å². The Hall–Kier alpha value is -2.91. The molecule has 2 aromatic rings. The quantitative estimate of drug-likeness (QED) is 0.405. The molecular formula is C14H9ClN4O2.